The predicted octanol–water partition coefficient (Wildman–Crippen LogP) is 2.10. The summed E-state index contributed by atoms with van der Waals surface area (Å²) < 4.78 is 42.9. The Morgan fingerprint density at radius 3 is 2.58 bits per heavy atom. The number of carbonyl (C=O) groups excluding carboxylic acids is 1. The number of nitrogens with zero attached hydrogens (tertiary/aromatic N) is 2. The quantitative estimate of drug-likeness (QED) is 0.793. The minimum absolute atomic E-state index is 0.0284. The standard InChI is InChI=1S/C12H13F3N2O2/c13-12(14,15)10-2-1-3-11(16-10)19-9-4-6-17(8-18)7-5-9/h1-3,8-9H,4-7H2. The van der Waals surface area contributed by atoms with Gasteiger partial charge in [0, 0.05) is 32.0 Å². The molecule has 7 heteroatoms. The first-order valence-corrected chi connectivity index (χ1v) is 5.89. The average molecular weight is 274 g/mol. The van der Waals surface area contributed by atoms with Gasteiger partial charge >= 0.3 is 6.18 Å². The van der Waals surface area contributed by atoms with Gasteiger partial charge in [-0.2, -0.15) is 13.2 Å². The first kappa shape index (κ1) is 13.6. The number of hydrogen-bond donors (Lipinski definition) is 0. The van der Waals surface area contributed by atoms with E-state index in [1.54, 1.807) is 4.90 Å². The molecule has 104 valence electrons. The normalized spacial score (nSPS) is 17.3. The summed E-state index contributed by atoms with van der Waals surface area (Å²) in [5, 5.41) is 0. The van der Waals surface area contributed by atoms with Crippen LogP contribution in [-0.2, 0) is 11.0 Å². The van der Waals surface area contributed by atoms with E-state index in [4.69, 9.17) is 4.74 Å². The number of carbonyl (C=O) groups is 1. The number of alkyl halides is 3. The van der Waals surface area contributed by atoms with Crippen LogP contribution in [0.5, 0.6) is 5.88 Å². The molecule has 1 fully saturated rings. The zero-order valence-electron chi connectivity index (χ0n) is 10.1. The van der Waals surface area contributed by atoms with Gasteiger partial charge < -0.3 is 9.64 Å². The van der Waals surface area contributed by atoms with Gasteiger partial charge in [0.25, 0.3) is 0 Å². The molecular formula is C12H13F3N2O2. The number of rotatable bonds is 3. The number of amides is 1. The van der Waals surface area contributed by atoms with Crippen molar-refractivity contribution in [1.82, 2.24) is 9.88 Å². The summed E-state index contributed by atoms with van der Waals surface area (Å²) in [4.78, 5) is 15.6. The van der Waals surface area contributed by atoms with Crippen LogP contribution in [0.4, 0.5) is 13.2 Å². The van der Waals surface area contributed by atoms with Crippen molar-refractivity contribution < 1.29 is 22.7 Å². The van der Waals surface area contributed by atoms with Crippen LogP contribution in [0.1, 0.15) is 18.5 Å². The second-order valence-corrected chi connectivity index (χ2v) is 4.32. The minimum atomic E-state index is -4.47. The zero-order chi connectivity index (χ0) is 13.9. The molecule has 0 aromatic carbocycles. The maximum Gasteiger partial charge on any atom is 0.433 e. The van der Waals surface area contributed by atoms with Crippen molar-refractivity contribution in [3.63, 3.8) is 0 Å². The third-order valence-corrected chi connectivity index (χ3v) is 2.93. The average Bonchev–Trinajstić information content (AvgIpc) is 2.39. The largest absolute Gasteiger partial charge is 0.474 e. The lowest BCUT2D eigenvalue weighted by Crippen LogP contribution is -2.37. The molecule has 1 aromatic heterocycles. The lowest BCUT2D eigenvalue weighted by Gasteiger charge is -2.29. The molecule has 0 bridgehead atoms. The maximum absolute atomic E-state index is 12.5. The van der Waals surface area contributed by atoms with Crippen LogP contribution in [-0.4, -0.2) is 35.5 Å². The van der Waals surface area contributed by atoms with Gasteiger partial charge in [0.05, 0.1) is 0 Å². The SMILES string of the molecule is O=CN1CCC(Oc2cccc(C(F)(F)F)n2)CC1. The number of pyridine rings is 1. The Morgan fingerprint density at radius 2 is 2.00 bits per heavy atom. The summed E-state index contributed by atoms with van der Waals surface area (Å²) in [6.07, 6.45) is -2.72. The first-order valence-electron chi connectivity index (χ1n) is 5.89. The molecule has 0 N–H and O–H groups in total. The van der Waals surface area contributed by atoms with E-state index in [0.717, 1.165) is 12.5 Å². The van der Waals surface area contributed by atoms with Gasteiger partial charge in [-0.15, -0.1) is 0 Å². The van der Waals surface area contributed by atoms with Crippen LogP contribution in [0.3, 0.4) is 0 Å². The van der Waals surface area contributed by atoms with E-state index in [1.807, 2.05) is 0 Å². The summed E-state index contributed by atoms with van der Waals surface area (Å²) in [5.41, 5.74) is -0.963. The molecule has 1 saturated heterocycles. The molecule has 4 nitrogen and oxygen atoms in total. The minimum Gasteiger partial charge on any atom is -0.474 e. The summed E-state index contributed by atoms with van der Waals surface area (Å²) in [6.45, 7) is 1.10. The van der Waals surface area contributed by atoms with Crippen LogP contribution >= 0.6 is 0 Å². The Morgan fingerprint density at radius 1 is 1.32 bits per heavy atom. The molecule has 2 rings (SSSR count). The molecule has 1 aliphatic heterocycles. The lowest BCUT2D eigenvalue weighted by molar-refractivity contribution is -0.141. The fourth-order valence-corrected chi connectivity index (χ4v) is 1.91. The number of halogens is 3. The fourth-order valence-electron chi connectivity index (χ4n) is 1.91. The number of hydrogen-bond acceptors (Lipinski definition) is 3. The van der Waals surface area contributed by atoms with Crippen molar-refractivity contribution in [2.75, 3.05) is 13.1 Å². The van der Waals surface area contributed by atoms with Crippen molar-refractivity contribution in [3.05, 3.63) is 23.9 Å². The summed E-state index contributed by atoms with van der Waals surface area (Å²) in [5.74, 6) is -0.0284. The van der Waals surface area contributed by atoms with Crippen molar-refractivity contribution in [2.24, 2.45) is 0 Å². The highest BCUT2D eigenvalue weighted by molar-refractivity contribution is 5.47. The van der Waals surface area contributed by atoms with E-state index in [1.165, 1.54) is 12.1 Å². The summed E-state index contributed by atoms with van der Waals surface area (Å²) in [7, 11) is 0. The molecule has 0 spiro atoms. The van der Waals surface area contributed by atoms with E-state index in [-0.39, 0.29) is 12.0 Å². The molecule has 1 aromatic rings. The predicted molar refractivity (Wildman–Crippen MR) is 60.5 cm³/mol. The first-order chi connectivity index (χ1) is 8.99. The van der Waals surface area contributed by atoms with E-state index in [0.29, 0.717) is 25.9 Å². The Bertz CT molecular complexity index is 443. The van der Waals surface area contributed by atoms with E-state index in [9.17, 15) is 18.0 Å². The Kier molecular flexibility index (Phi) is 3.92. The third kappa shape index (κ3) is 3.59. The zero-order valence-corrected chi connectivity index (χ0v) is 10.1. The monoisotopic (exact) mass is 274 g/mol. The fraction of sp³-hybridized carbons (Fsp3) is 0.500. The Balaban J connectivity index is 1.98. The highest BCUT2D eigenvalue weighted by Gasteiger charge is 2.33. The van der Waals surface area contributed by atoms with Gasteiger partial charge in [0.15, 0.2) is 0 Å². The molecule has 19 heavy (non-hydrogen) atoms. The molecule has 2 heterocycles. The van der Waals surface area contributed by atoms with Crippen molar-refractivity contribution in [3.8, 4) is 5.88 Å². The molecule has 1 aliphatic rings. The second-order valence-electron chi connectivity index (χ2n) is 4.32. The van der Waals surface area contributed by atoms with Crippen molar-refractivity contribution in [1.29, 1.82) is 0 Å². The maximum atomic E-state index is 12.5. The molecule has 0 atom stereocenters. The Labute approximate surface area is 108 Å². The van der Waals surface area contributed by atoms with E-state index in [2.05, 4.69) is 4.98 Å². The highest BCUT2D eigenvalue weighted by Crippen LogP contribution is 2.29. The number of ether oxygens (including phenoxy) is 1. The van der Waals surface area contributed by atoms with Gasteiger partial charge in [0.1, 0.15) is 11.8 Å². The molecule has 0 aliphatic carbocycles. The van der Waals surface area contributed by atoms with Crippen molar-refractivity contribution in [2.45, 2.75) is 25.1 Å². The van der Waals surface area contributed by atoms with Crippen LogP contribution in [0.2, 0.25) is 0 Å². The van der Waals surface area contributed by atoms with Gasteiger partial charge in [0.2, 0.25) is 12.3 Å². The van der Waals surface area contributed by atoms with Gasteiger partial charge in [-0.3, -0.25) is 4.79 Å². The van der Waals surface area contributed by atoms with Gasteiger partial charge in [-0.25, -0.2) is 4.98 Å². The number of likely N-dealkylation sites (tertiary alicyclic amines) is 1. The molecule has 0 radical (unpaired) electrons. The number of piperidine rings is 1. The van der Waals surface area contributed by atoms with Crippen LogP contribution in [0.25, 0.3) is 0 Å². The lowest BCUT2D eigenvalue weighted by atomic mass is 10.1. The smallest absolute Gasteiger partial charge is 0.433 e. The highest BCUT2D eigenvalue weighted by atomic mass is 19.4. The number of aromatic nitrogens is 1. The topological polar surface area (TPSA) is 42.4 Å². The van der Waals surface area contributed by atoms with Crippen LogP contribution in [0, 0.1) is 0 Å². The van der Waals surface area contributed by atoms with E-state index < -0.39 is 11.9 Å². The third-order valence-electron chi connectivity index (χ3n) is 2.93. The van der Waals surface area contributed by atoms with Crippen LogP contribution < -0.4 is 4.74 Å². The molecule has 0 unspecified atom stereocenters. The summed E-state index contributed by atoms with van der Waals surface area (Å²) in [6, 6.07) is 3.58. The van der Waals surface area contributed by atoms with E-state index >= 15 is 0 Å². The summed E-state index contributed by atoms with van der Waals surface area (Å²) >= 11 is 0. The molecule has 1 amide bonds. The Hall–Kier alpha value is -1.79. The van der Waals surface area contributed by atoms with Crippen molar-refractivity contribution >= 4 is 6.41 Å². The van der Waals surface area contributed by atoms with Gasteiger partial charge in [-0.05, 0) is 6.07 Å². The van der Waals surface area contributed by atoms with Gasteiger partial charge in [-0.1, -0.05) is 6.07 Å². The van der Waals surface area contributed by atoms with Crippen LogP contribution in [0.15, 0.2) is 18.2 Å². The second kappa shape index (κ2) is 5.46. The molecule has 0 saturated carbocycles. The molecular weight excluding hydrogens is 261 g/mol.